The van der Waals surface area contributed by atoms with Gasteiger partial charge in [0.1, 0.15) is 11.6 Å². The number of ether oxygens (including phenoxy) is 1. The molecule has 0 saturated carbocycles. The Morgan fingerprint density at radius 2 is 2.29 bits per heavy atom. The van der Waals surface area contributed by atoms with Gasteiger partial charge in [0.2, 0.25) is 0 Å². The van der Waals surface area contributed by atoms with Crippen molar-refractivity contribution < 1.29 is 13.9 Å². The quantitative estimate of drug-likeness (QED) is 0.515. The molecule has 0 radical (unpaired) electrons. The van der Waals surface area contributed by atoms with E-state index in [-0.39, 0.29) is 28.1 Å². The first-order chi connectivity index (χ1) is 6.60. The van der Waals surface area contributed by atoms with Crippen molar-refractivity contribution in [3.8, 4) is 5.75 Å². The van der Waals surface area contributed by atoms with Crippen molar-refractivity contribution in [1.82, 2.24) is 0 Å². The molecule has 0 unspecified atom stereocenters. The molecule has 0 heterocycles. The van der Waals surface area contributed by atoms with Crippen molar-refractivity contribution in [2.75, 3.05) is 18.2 Å². The molecular weight excluding hydrogens is 253 g/mol. The Kier molecular flexibility index (Phi) is 3.46. The number of alkyl halides is 1. The Morgan fingerprint density at radius 1 is 1.64 bits per heavy atom. The fourth-order valence-corrected chi connectivity index (χ4v) is 1.38. The van der Waals surface area contributed by atoms with Crippen LogP contribution in [0.3, 0.4) is 0 Å². The van der Waals surface area contributed by atoms with Crippen LogP contribution < -0.4 is 10.5 Å². The fourth-order valence-electron chi connectivity index (χ4n) is 1.10. The van der Waals surface area contributed by atoms with Crippen molar-refractivity contribution >= 4 is 27.4 Å². The van der Waals surface area contributed by atoms with Gasteiger partial charge in [0, 0.05) is 11.8 Å². The van der Waals surface area contributed by atoms with Crippen molar-refractivity contribution in [1.29, 1.82) is 0 Å². The van der Waals surface area contributed by atoms with Crippen molar-refractivity contribution in [2.24, 2.45) is 0 Å². The molecule has 0 aliphatic carbocycles. The predicted octanol–water partition coefficient (Wildman–Crippen LogP) is 1.99. The second-order valence-corrected chi connectivity index (χ2v) is 3.20. The summed E-state index contributed by atoms with van der Waals surface area (Å²) in [5.74, 6) is -0.877. The summed E-state index contributed by atoms with van der Waals surface area (Å²) in [6, 6.07) is 2.51. The number of methoxy groups -OCH3 is 1. The number of ketones is 1. The molecule has 0 amide bonds. The van der Waals surface area contributed by atoms with Gasteiger partial charge in [0.05, 0.1) is 18.0 Å². The number of carbonyl (C=O) groups is 1. The lowest BCUT2D eigenvalue weighted by Crippen LogP contribution is -2.07. The second kappa shape index (κ2) is 4.41. The molecule has 76 valence electrons. The number of carbonyl (C=O) groups excluding carboxylic acids is 1. The van der Waals surface area contributed by atoms with Crippen LogP contribution in [0.4, 0.5) is 10.1 Å². The summed E-state index contributed by atoms with van der Waals surface area (Å²) >= 11 is 2.96. The molecule has 14 heavy (non-hydrogen) atoms. The first-order valence-electron chi connectivity index (χ1n) is 3.82. The Labute approximate surface area is 89.2 Å². The van der Waals surface area contributed by atoms with E-state index < -0.39 is 5.82 Å². The summed E-state index contributed by atoms with van der Waals surface area (Å²) in [7, 11) is 1.36. The third-order valence-corrected chi connectivity index (χ3v) is 2.21. The minimum atomic E-state index is -0.661. The molecule has 0 spiro atoms. The maximum absolute atomic E-state index is 13.3. The molecule has 1 rings (SSSR count). The van der Waals surface area contributed by atoms with E-state index in [1.54, 1.807) is 0 Å². The smallest absolute Gasteiger partial charge is 0.180 e. The monoisotopic (exact) mass is 261 g/mol. The number of rotatable bonds is 3. The number of hydrogen-bond acceptors (Lipinski definition) is 3. The summed E-state index contributed by atoms with van der Waals surface area (Å²) < 4.78 is 18.2. The molecule has 1 aromatic rings. The van der Waals surface area contributed by atoms with Crippen LogP contribution in [0.25, 0.3) is 0 Å². The van der Waals surface area contributed by atoms with E-state index in [9.17, 15) is 9.18 Å². The molecule has 0 aliphatic heterocycles. The number of nitrogens with two attached hydrogens (primary N) is 1. The van der Waals surface area contributed by atoms with Gasteiger partial charge in [0.15, 0.2) is 5.78 Å². The van der Waals surface area contributed by atoms with Gasteiger partial charge in [-0.2, -0.15) is 0 Å². The van der Waals surface area contributed by atoms with Gasteiger partial charge >= 0.3 is 0 Å². The fraction of sp³-hybridized carbons (Fsp3) is 0.222. The topological polar surface area (TPSA) is 52.3 Å². The summed E-state index contributed by atoms with van der Waals surface area (Å²) in [5, 5.41) is 0.0458. The van der Waals surface area contributed by atoms with E-state index in [1.165, 1.54) is 13.2 Å². The zero-order valence-electron chi connectivity index (χ0n) is 7.51. The Morgan fingerprint density at radius 3 is 2.79 bits per heavy atom. The third-order valence-electron chi connectivity index (χ3n) is 1.70. The zero-order chi connectivity index (χ0) is 10.7. The SMILES string of the molecule is COc1cc(N)cc(F)c1C(=O)CBr. The Hall–Kier alpha value is -1.10. The molecule has 0 bridgehead atoms. The maximum atomic E-state index is 13.3. The van der Waals surface area contributed by atoms with Crippen LogP contribution in [0, 0.1) is 5.82 Å². The van der Waals surface area contributed by atoms with Crippen LogP contribution in [0.5, 0.6) is 5.75 Å². The second-order valence-electron chi connectivity index (χ2n) is 2.64. The van der Waals surface area contributed by atoms with Crippen LogP contribution in [-0.2, 0) is 0 Å². The average Bonchev–Trinajstić information content (AvgIpc) is 2.15. The van der Waals surface area contributed by atoms with Crippen LogP contribution >= 0.6 is 15.9 Å². The Bertz CT molecular complexity index is 368. The lowest BCUT2D eigenvalue weighted by Gasteiger charge is -2.08. The zero-order valence-corrected chi connectivity index (χ0v) is 9.10. The largest absolute Gasteiger partial charge is 0.496 e. The number of nitrogen functional groups attached to an aromatic ring is 1. The summed E-state index contributed by atoms with van der Waals surface area (Å²) in [5.41, 5.74) is 5.56. The van der Waals surface area contributed by atoms with Gasteiger partial charge in [-0.25, -0.2) is 4.39 Å². The molecule has 0 fully saturated rings. The highest BCUT2D eigenvalue weighted by Gasteiger charge is 2.17. The van der Waals surface area contributed by atoms with E-state index >= 15 is 0 Å². The highest BCUT2D eigenvalue weighted by Crippen LogP contribution is 2.25. The molecule has 5 heteroatoms. The molecule has 0 aromatic heterocycles. The van der Waals surface area contributed by atoms with Gasteiger partial charge in [-0.05, 0) is 6.07 Å². The summed E-state index contributed by atoms with van der Waals surface area (Å²) in [6.07, 6.45) is 0. The van der Waals surface area contributed by atoms with Gasteiger partial charge in [-0.3, -0.25) is 4.79 Å². The van der Waals surface area contributed by atoms with E-state index in [1.807, 2.05) is 0 Å². The first kappa shape index (κ1) is 11.0. The molecule has 0 saturated heterocycles. The highest BCUT2D eigenvalue weighted by molar-refractivity contribution is 9.09. The number of anilines is 1. The summed E-state index contributed by atoms with van der Waals surface area (Å²) in [6.45, 7) is 0. The van der Waals surface area contributed by atoms with Crippen LogP contribution in [0.15, 0.2) is 12.1 Å². The molecule has 0 atom stereocenters. The maximum Gasteiger partial charge on any atom is 0.180 e. The van der Waals surface area contributed by atoms with Crippen molar-refractivity contribution in [3.63, 3.8) is 0 Å². The van der Waals surface area contributed by atoms with E-state index in [0.717, 1.165) is 6.07 Å². The first-order valence-corrected chi connectivity index (χ1v) is 4.94. The molecule has 0 aliphatic rings. The van der Waals surface area contributed by atoms with Gasteiger partial charge in [0.25, 0.3) is 0 Å². The van der Waals surface area contributed by atoms with Crippen LogP contribution in [0.2, 0.25) is 0 Å². The minimum Gasteiger partial charge on any atom is -0.496 e. The number of benzene rings is 1. The lowest BCUT2D eigenvalue weighted by molar-refractivity contribution is 0.101. The van der Waals surface area contributed by atoms with Crippen LogP contribution in [0.1, 0.15) is 10.4 Å². The lowest BCUT2D eigenvalue weighted by atomic mass is 10.1. The van der Waals surface area contributed by atoms with Gasteiger partial charge in [-0.1, -0.05) is 15.9 Å². The van der Waals surface area contributed by atoms with Gasteiger partial charge in [-0.15, -0.1) is 0 Å². The van der Waals surface area contributed by atoms with Crippen molar-refractivity contribution in [2.45, 2.75) is 0 Å². The molecule has 1 aromatic carbocycles. The molecule has 3 nitrogen and oxygen atoms in total. The number of halogens is 2. The van der Waals surface area contributed by atoms with E-state index in [2.05, 4.69) is 15.9 Å². The predicted molar refractivity (Wildman–Crippen MR) is 55.5 cm³/mol. The van der Waals surface area contributed by atoms with E-state index in [0.29, 0.717) is 0 Å². The van der Waals surface area contributed by atoms with Crippen LogP contribution in [-0.4, -0.2) is 18.2 Å². The standard InChI is InChI=1S/C9H9BrFNO2/c1-14-8-3-5(12)2-6(11)9(8)7(13)4-10/h2-3H,4,12H2,1H3. The van der Waals surface area contributed by atoms with Crippen molar-refractivity contribution in [3.05, 3.63) is 23.5 Å². The minimum absolute atomic E-state index is 0.0458. The molecular formula is C9H9BrFNO2. The average molecular weight is 262 g/mol. The normalized spacial score (nSPS) is 9.93. The third kappa shape index (κ3) is 2.04. The van der Waals surface area contributed by atoms with E-state index in [4.69, 9.17) is 10.5 Å². The highest BCUT2D eigenvalue weighted by atomic mass is 79.9. The van der Waals surface area contributed by atoms with Gasteiger partial charge < -0.3 is 10.5 Å². The molecule has 2 N–H and O–H groups in total. The number of hydrogen-bond donors (Lipinski definition) is 1. The number of Topliss-reactive ketones (excluding diaryl/α,β-unsaturated/α-hetero) is 1. The summed E-state index contributed by atoms with van der Waals surface area (Å²) in [4.78, 5) is 11.3. The Balaban J connectivity index is 3.32.